The monoisotopic (exact) mass is 317 g/mol. The molecule has 0 atom stereocenters. The van der Waals surface area contributed by atoms with Gasteiger partial charge in [-0.1, -0.05) is 54.6 Å². The van der Waals surface area contributed by atoms with E-state index in [1.165, 1.54) is 37.9 Å². The standard InChI is InChI=1S/C21H23N3/c22-10-12-24(13-11-23)14-18-7-6-17-5-4-15-2-1-3-16-8-9-19(18)21(17)20(15)16/h1-9H,10-14,22-23H2. The van der Waals surface area contributed by atoms with Gasteiger partial charge in [-0.05, 0) is 37.9 Å². The van der Waals surface area contributed by atoms with E-state index in [9.17, 15) is 0 Å². The van der Waals surface area contributed by atoms with E-state index in [4.69, 9.17) is 11.5 Å². The summed E-state index contributed by atoms with van der Waals surface area (Å²) in [6.07, 6.45) is 0. The lowest BCUT2D eigenvalue weighted by Gasteiger charge is -2.22. The maximum Gasteiger partial charge on any atom is 0.0240 e. The zero-order valence-electron chi connectivity index (χ0n) is 13.8. The normalized spacial score (nSPS) is 12.1. The molecule has 0 saturated carbocycles. The van der Waals surface area contributed by atoms with Gasteiger partial charge >= 0.3 is 0 Å². The summed E-state index contributed by atoms with van der Waals surface area (Å²) in [5, 5.41) is 8.02. The van der Waals surface area contributed by atoms with Gasteiger partial charge in [-0.2, -0.15) is 0 Å². The average Bonchev–Trinajstić information content (AvgIpc) is 2.61. The summed E-state index contributed by atoms with van der Waals surface area (Å²) in [6, 6.07) is 20.0. The first-order chi connectivity index (χ1) is 11.8. The third kappa shape index (κ3) is 2.51. The highest BCUT2D eigenvalue weighted by Crippen LogP contribution is 2.36. The molecule has 0 spiro atoms. The predicted octanol–water partition coefficient (Wildman–Crippen LogP) is 3.30. The first-order valence-corrected chi connectivity index (χ1v) is 8.59. The van der Waals surface area contributed by atoms with Crippen LogP contribution in [0.2, 0.25) is 0 Å². The van der Waals surface area contributed by atoms with Gasteiger partial charge in [0.1, 0.15) is 0 Å². The number of hydrogen-bond donors (Lipinski definition) is 2. The van der Waals surface area contributed by atoms with Gasteiger partial charge in [-0.3, -0.25) is 4.90 Å². The first-order valence-electron chi connectivity index (χ1n) is 8.59. The van der Waals surface area contributed by atoms with Crippen LogP contribution in [-0.2, 0) is 6.54 Å². The molecule has 0 unspecified atom stereocenters. The Morgan fingerprint density at radius 3 is 1.92 bits per heavy atom. The SMILES string of the molecule is NCCN(CCN)Cc1ccc2ccc3cccc4ccc1c2c34. The Kier molecular flexibility index (Phi) is 4.07. The summed E-state index contributed by atoms with van der Waals surface area (Å²) in [5.74, 6) is 0. The third-order valence-corrected chi connectivity index (χ3v) is 4.90. The molecule has 0 heterocycles. The molecule has 0 amide bonds. The molecule has 4 aromatic rings. The first kappa shape index (κ1) is 15.3. The van der Waals surface area contributed by atoms with Crippen molar-refractivity contribution in [2.75, 3.05) is 26.2 Å². The maximum absolute atomic E-state index is 5.76. The van der Waals surface area contributed by atoms with Gasteiger partial charge in [0.2, 0.25) is 0 Å². The van der Waals surface area contributed by atoms with E-state index in [1.54, 1.807) is 0 Å². The van der Waals surface area contributed by atoms with Crippen LogP contribution in [0.25, 0.3) is 32.3 Å². The van der Waals surface area contributed by atoms with Crippen LogP contribution in [0.3, 0.4) is 0 Å². The fourth-order valence-corrected chi connectivity index (χ4v) is 3.81. The van der Waals surface area contributed by atoms with Crippen LogP contribution < -0.4 is 11.5 Å². The smallest absolute Gasteiger partial charge is 0.0240 e. The van der Waals surface area contributed by atoms with E-state index in [0.29, 0.717) is 13.1 Å². The molecule has 4 N–H and O–H groups in total. The van der Waals surface area contributed by atoms with Gasteiger partial charge in [0, 0.05) is 32.7 Å². The predicted molar refractivity (Wildman–Crippen MR) is 104 cm³/mol. The molecule has 3 heteroatoms. The molecule has 0 fully saturated rings. The van der Waals surface area contributed by atoms with Gasteiger partial charge in [-0.25, -0.2) is 0 Å². The van der Waals surface area contributed by atoms with Crippen LogP contribution in [0.5, 0.6) is 0 Å². The fraction of sp³-hybridized carbons (Fsp3) is 0.238. The Labute approximate surface area is 142 Å². The molecule has 4 rings (SSSR count). The number of nitrogens with two attached hydrogens (primary N) is 2. The molecule has 122 valence electrons. The van der Waals surface area contributed by atoms with Crippen LogP contribution in [0.1, 0.15) is 5.56 Å². The Balaban J connectivity index is 1.90. The molecule has 0 aliphatic carbocycles. The zero-order valence-corrected chi connectivity index (χ0v) is 13.8. The lowest BCUT2D eigenvalue weighted by molar-refractivity contribution is 0.282. The maximum atomic E-state index is 5.76. The Morgan fingerprint density at radius 1 is 0.667 bits per heavy atom. The van der Waals surface area contributed by atoms with Gasteiger partial charge < -0.3 is 11.5 Å². The molecule has 0 radical (unpaired) electrons. The molecule has 0 aliphatic heterocycles. The largest absolute Gasteiger partial charge is 0.329 e. The van der Waals surface area contributed by atoms with Gasteiger partial charge in [0.25, 0.3) is 0 Å². The van der Waals surface area contributed by atoms with Crippen LogP contribution in [-0.4, -0.2) is 31.1 Å². The van der Waals surface area contributed by atoms with Crippen LogP contribution in [0, 0.1) is 0 Å². The molecule has 24 heavy (non-hydrogen) atoms. The van der Waals surface area contributed by atoms with Gasteiger partial charge in [-0.15, -0.1) is 0 Å². The second kappa shape index (κ2) is 6.36. The minimum absolute atomic E-state index is 0.659. The van der Waals surface area contributed by atoms with Gasteiger partial charge in [0.05, 0.1) is 0 Å². The highest BCUT2D eigenvalue weighted by molar-refractivity contribution is 6.23. The Hall–Kier alpha value is -2.20. The summed E-state index contributed by atoms with van der Waals surface area (Å²) >= 11 is 0. The van der Waals surface area contributed by atoms with E-state index in [2.05, 4.69) is 59.5 Å². The van der Waals surface area contributed by atoms with E-state index in [1.807, 2.05) is 0 Å². The van der Waals surface area contributed by atoms with Crippen LogP contribution >= 0.6 is 0 Å². The Bertz CT molecular complexity index is 955. The van der Waals surface area contributed by atoms with Crippen LogP contribution in [0.15, 0.2) is 54.6 Å². The minimum Gasteiger partial charge on any atom is -0.329 e. The van der Waals surface area contributed by atoms with E-state index >= 15 is 0 Å². The lowest BCUT2D eigenvalue weighted by atomic mass is 9.92. The second-order valence-electron chi connectivity index (χ2n) is 6.43. The number of nitrogens with zero attached hydrogens (tertiary/aromatic N) is 1. The van der Waals surface area contributed by atoms with Crippen molar-refractivity contribution in [2.24, 2.45) is 11.5 Å². The molecule has 3 nitrogen and oxygen atoms in total. The minimum atomic E-state index is 0.659. The molecule has 0 bridgehead atoms. The summed E-state index contributed by atoms with van der Waals surface area (Å²) in [4.78, 5) is 2.34. The van der Waals surface area contributed by atoms with Crippen molar-refractivity contribution in [2.45, 2.75) is 6.54 Å². The summed E-state index contributed by atoms with van der Waals surface area (Å²) < 4.78 is 0. The number of benzene rings is 4. The average molecular weight is 317 g/mol. The van der Waals surface area contributed by atoms with Crippen molar-refractivity contribution in [3.05, 3.63) is 60.2 Å². The molecule has 0 aliphatic rings. The summed E-state index contributed by atoms with van der Waals surface area (Å²) in [7, 11) is 0. The highest BCUT2D eigenvalue weighted by atomic mass is 15.1. The fourth-order valence-electron chi connectivity index (χ4n) is 3.81. The highest BCUT2D eigenvalue weighted by Gasteiger charge is 2.12. The molecule has 4 aromatic carbocycles. The van der Waals surface area contributed by atoms with E-state index in [-0.39, 0.29) is 0 Å². The molecular weight excluding hydrogens is 294 g/mol. The van der Waals surface area contributed by atoms with Crippen LogP contribution in [0.4, 0.5) is 0 Å². The van der Waals surface area contributed by atoms with Crippen molar-refractivity contribution in [3.63, 3.8) is 0 Å². The topological polar surface area (TPSA) is 55.3 Å². The van der Waals surface area contributed by atoms with E-state index in [0.717, 1.165) is 19.6 Å². The summed E-state index contributed by atoms with van der Waals surface area (Å²) in [5.41, 5.74) is 12.9. The number of rotatable bonds is 6. The van der Waals surface area contributed by atoms with Gasteiger partial charge in [0.15, 0.2) is 0 Å². The van der Waals surface area contributed by atoms with Crippen molar-refractivity contribution >= 4 is 32.3 Å². The molecular formula is C21H23N3. The van der Waals surface area contributed by atoms with E-state index < -0.39 is 0 Å². The van der Waals surface area contributed by atoms with Crippen molar-refractivity contribution in [3.8, 4) is 0 Å². The quantitative estimate of drug-likeness (QED) is 0.537. The third-order valence-electron chi connectivity index (χ3n) is 4.90. The summed E-state index contributed by atoms with van der Waals surface area (Å²) in [6.45, 7) is 3.96. The van der Waals surface area contributed by atoms with Crippen molar-refractivity contribution in [1.29, 1.82) is 0 Å². The van der Waals surface area contributed by atoms with Crippen molar-refractivity contribution < 1.29 is 0 Å². The second-order valence-corrected chi connectivity index (χ2v) is 6.43. The molecule has 0 saturated heterocycles. The molecule has 0 aromatic heterocycles. The van der Waals surface area contributed by atoms with Crippen molar-refractivity contribution in [1.82, 2.24) is 4.90 Å². The zero-order chi connectivity index (χ0) is 16.5. The Morgan fingerprint density at radius 2 is 1.25 bits per heavy atom. The number of hydrogen-bond acceptors (Lipinski definition) is 3. The lowest BCUT2D eigenvalue weighted by Crippen LogP contribution is -2.33.